The van der Waals surface area contributed by atoms with E-state index in [0.29, 0.717) is 18.6 Å². The average molecular weight is 361 g/mol. The fourth-order valence-electron chi connectivity index (χ4n) is 2.25. The van der Waals surface area contributed by atoms with Gasteiger partial charge in [-0.25, -0.2) is 0 Å². The lowest BCUT2D eigenvalue weighted by molar-refractivity contribution is -0.139. The van der Waals surface area contributed by atoms with Gasteiger partial charge in [-0.05, 0) is 38.5 Å². The summed E-state index contributed by atoms with van der Waals surface area (Å²) in [5, 5.41) is 3.17. The van der Waals surface area contributed by atoms with Gasteiger partial charge >= 0.3 is 6.18 Å². The van der Waals surface area contributed by atoms with Gasteiger partial charge in [0.2, 0.25) is 0 Å². The molecule has 0 unspecified atom stereocenters. The maximum absolute atomic E-state index is 12.9. The molecule has 1 aromatic rings. The second kappa shape index (κ2) is 9.05. The minimum Gasteiger partial charge on any atom is -0.462 e. The number of rotatable bonds is 3. The van der Waals surface area contributed by atoms with E-state index in [0.717, 1.165) is 32.2 Å². The van der Waals surface area contributed by atoms with Crippen molar-refractivity contribution in [3.63, 3.8) is 0 Å². The lowest BCUT2D eigenvalue weighted by Gasteiger charge is -2.28. The number of nitrogens with one attached hydrogen (secondary N) is 1. The molecule has 0 bridgehead atoms. The summed E-state index contributed by atoms with van der Waals surface area (Å²) in [5.41, 5.74) is 4.93. The number of alkyl halides is 3. The van der Waals surface area contributed by atoms with Crippen molar-refractivity contribution in [1.29, 1.82) is 0 Å². The van der Waals surface area contributed by atoms with Crippen molar-refractivity contribution in [2.24, 2.45) is 0 Å². The number of nitrogen functional groups attached to an aromatic ring is 1. The van der Waals surface area contributed by atoms with Gasteiger partial charge < -0.3 is 15.8 Å². The van der Waals surface area contributed by atoms with E-state index < -0.39 is 11.7 Å². The highest BCUT2D eigenvalue weighted by atomic mass is 19.4. The Bertz CT molecular complexity index is 551. The second-order valence-corrected chi connectivity index (χ2v) is 6.77. The number of carbonyl (C=O) groups excluding carboxylic acids is 1. The van der Waals surface area contributed by atoms with Gasteiger partial charge in [-0.3, -0.25) is 9.69 Å². The van der Waals surface area contributed by atoms with Gasteiger partial charge in [0.05, 0.1) is 5.56 Å². The molecule has 2 rings (SSSR count). The van der Waals surface area contributed by atoms with Gasteiger partial charge in [-0.2, -0.15) is 13.2 Å². The van der Waals surface area contributed by atoms with Crippen LogP contribution < -0.4 is 11.1 Å². The number of ether oxygens (including phenoxy) is 1. The highest BCUT2D eigenvalue weighted by Crippen LogP contribution is 2.33. The van der Waals surface area contributed by atoms with Crippen LogP contribution in [-0.2, 0) is 22.3 Å². The minimum atomic E-state index is -4.35. The molecular formula is C17H26F3N3O2. The summed E-state index contributed by atoms with van der Waals surface area (Å²) < 4.78 is 43.2. The predicted octanol–water partition coefficient (Wildman–Crippen LogP) is 2.65. The highest BCUT2D eigenvalue weighted by molar-refractivity contribution is 5.46. The molecule has 0 atom stereocenters. The Morgan fingerprint density at radius 1 is 1.24 bits per heavy atom. The highest BCUT2D eigenvalue weighted by Gasteiger charge is 2.33. The molecule has 5 nitrogen and oxygen atoms in total. The first-order chi connectivity index (χ1) is 11.5. The van der Waals surface area contributed by atoms with Gasteiger partial charge in [-0.15, -0.1) is 0 Å². The Balaban J connectivity index is 0.000000381. The van der Waals surface area contributed by atoms with Crippen molar-refractivity contribution in [3.8, 4) is 0 Å². The predicted molar refractivity (Wildman–Crippen MR) is 90.9 cm³/mol. The fraction of sp³-hybridized carbons (Fsp3) is 0.588. The van der Waals surface area contributed by atoms with Crippen molar-refractivity contribution in [1.82, 2.24) is 10.2 Å². The molecule has 0 aromatic heterocycles. The summed E-state index contributed by atoms with van der Waals surface area (Å²) >= 11 is 0. The first kappa shape index (κ1) is 21.2. The number of carbonyl (C=O) groups is 1. The lowest BCUT2D eigenvalue weighted by Crippen LogP contribution is -2.43. The van der Waals surface area contributed by atoms with Gasteiger partial charge in [0.25, 0.3) is 6.47 Å². The number of hydrogen-bond donors (Lipinski definition) is 2. The van der Waals surface area contributed by atoms with Crippen molar-refractivity contribution in [3.05, 3.63) is 29.3 Å². The maximum Gasteiger partial charge on any atom is 0.416 e. The zero-order chi connectivity index (χ0) is 19.1. The molecule has 8 heteroatoms. The number of nitrogens with zero attached hydrogens (tertiary/aromatic N) is 1. The van der Waals surface area contributed by atoms with Crippen molar-refractivity contribution in [2.45, 2.75) is 39.1 Å². The Morgan fingerprint density at radius 3 is 2.28 bits per heavy atom. The van der Waals surface area contributed by atoms with Crippen LogP contribution in [0.2, 0.25) is 0 Å². The summed E-state index contributed by atoms with van der Waals surface area (Å²) in [6, 6.07) is 4.00. The zero-order valence-corrected chi connectivity index (χ0v) is 14.8. The third-order valence-electron chi connectivity index (χ3n) is 3.44. The van der Waals surface area contributed by atoms with E-state index in [9.17, 15) is 18.0 Å². The summed E-state index contributed by atoms with van der Waals surface area (Å²) in [4.78, 5) is 11.6. The number of halogens is 3. The minimum absolute atomic E-state index is 0.145. The molecule has 1 saturated heterocycles. The van der Waals surface area contributed by atoms with Gasteiger partial charge in [-0.1, -0.05) is 6.07 Å². The average Bonchev–Trinajstić information content (AvgIpc) is 2.48. The maximum atomic E-state index is 12.9. The van der Waals surface area contributed by atoms with Crippen LogP contribution in [0.1, 0.15) is 31.9 Å². The van der Waals surface area contributed by atoms with Crippen LogP contribution in [0.5, 0.6) is 0 Å². The molecule has 0 amide bonds. The van der Waals surface area contributed by atoms with Gasteiger partial charge in [0, 0.05) is 38.4 Å². The van der Waals surface area contributed by atoms with E-state index in [1.807, 2.05) is 25.7 Å². The van der Waals surface area contributed by atoms with Crippen LogP contribution in [0.15, 0.2) is 18.2 Å². The molecule has 25 heavy (non-hydrogen) atoms. The molecule has 1 heterocycles. The van der Waals surface area contributed by atoms with E-state index in [2.05, 4.69) is 10.1 Å². The van der Waals surface area contributed by atoms with Crippen LogP contribution >= 0.6 is 0 Å². The van der Waals surface area contributed by atoms with Crippen molar-refractivity contribution >= 4 is 12.2 Å². The SMILES string of the molecule is CC(C)(C)OC=O.Nc1ccc(CN2CCNCC2)c(C(F)(F)F)c1. The van der Waals surface area contributed by atoms with Crippen LogP contribution in [0, 0.1) is 0 Å². The molecular weight excluding hydrogens is 335 g/mol. The second-order valence-electron chi connectivity index (χ2n) is 6.77. The van der Waals surface area contributed by atoms with Crippen molar-refractivity contribution in [2.75, 3.05) is 31.9 Å². The summed E-state index contributed by atoms with van der Waals surface area (Å²) in [7, 11) is 0. The van der Waals surface area contributed by atoms with E-state index in [-0.39, 0.29) is 11.3 Å². The third kappa shape index (κ3) is 8.22. The number of anilines is 1. The van der Waals surface area contributed by atoms with Crippen LogP contribution in [-0.4, -0.2) is 43.2 Å². The van der Waals surface area contributed by atoms with E-state index in [4.69, 9.17) is 5.73 Å². The molecule has 1 aliphatic heterocycles. The molecule has 0 spiro atoms. The molecule has 0 radical (unpaired) electrons. The Hall–Kier alpha value is -1.80. The number of hydrogen-bond acceptors (Lipinski definition) is 5. The summed E-state index contributed by atoms with van der Waals surface area (Å²) in [6.07, 6.45) is -4.35. The van der Waals surface area contributed by atoms with Gasteiger partial charge in [0.1, 0.15) is 5.60 Å². The van der Waals surface area contributed by atoms with Gasteiger partial charge in [0.15, 0.2) is 0 Å². The number of piperazine rings is 1. The molecule has 1 fully saturated rings. The zero-order valence-electron chi connectivity index (χ0n) is 14.8. The van der Waals surface area contributed by atoms with Crippen molar-refractivity contribution < 1.29 is 22.7 Å². The quantitative estimate of drug-likeness (QED) is 0.640. The molecule has 1 aliphatic rings. The lowest BCUT2D eigenvalue weighted by atomic mass is 10.1. The first-order valence-corrected chi connectivity index (χ1v) is 8.03. The first-order valence-electron chi connectivity index (χ1n) is 8.03. The molecule has 142 valence electrons. The smallest absolute Gasteiger partial charge is 0.416 e. The standard InChI is InChI=1S/C12H16F3N3.C5H10O2/c13-12(14,15)11-7-10(16)2-1-9(11)8-18-5-3-17-4-6-18;1-5(2,3)7-4-6/h1-2,7,17H,3-6,8,16H2;4H,1-3H3. The fourth-order valence-corrected chi connectivity index (χ4v) is 2.25. The Labute approximate surface area is 146 Å². The normalized spacial score (nSPS) is 15.9. The van der Waals surface area contributed by atoms with Crippen LogP contribution in [0.3, 0.4) is 0 Å². The molecule has 0 saturated carbocycles. The van der Waals surface area contributed by atoms with Crippen LogP contribution in [0.25, 0.3) is 0 Å². The molecule has 0 aliphatic carbocycles. The van der Waals surface area contributed by atoms with E-state index in [1.54, 1.807) is 0 Å². The Kier molecular flexibility index (Phi) is 7.69. The third-order valence-corrected chi connectivity index (χ3v) is 3.44. The van der Waals surface area contributed by atoms with E-state index in [1.165, 1.54) is 12.1 Å². The monoisotopic (exact) mass is 361 g/mol. The molecule has 1 aromatic carbocycles. The number of benzene rings is 1. The topological polar surface area (TPSA) is 67.6 Å². The van der Waals surface area contributed by atoms with E-state index >= 15 is 0 Å². The molecule has 3 N–H and O–H groups in total. The summed E-state index contributed by atoms with van der Waals surface area (Å²) in [5.74, 6) is 0. The Morgan fingerprint density at radius 2 is 1.84 bits per heavy atom. The largest absolute Gasteiger partial charge is 0.462 e. The summed E-state index contributed by atoms with van der Waals surface area (Å²) in [6.45, 7) is 9.40. The number of nitrogens with two attached hydrogens (primary N) is 1. The van der Waals surface area contributed by atoms with Crippen LogP contribution in [0.4, 0.5) is 18.9 Å².